The third-order valence-electron chi connectivity index (χ3n) is 7.07. The summed E-state index contributed by atoms with van der Waals surface area (Å²) in [5.74, 6) is 0. The Balaban J connectivity index is 1.34. The molecule has 4 N–H and O–H groups in total. The van der Waals surface area contributed by atoms with E-state index in [1.807, 2.05) is 36.4 Å². The zero-order valence-corrected chi connectivity index (χ0v) is 21.1. The summed E-state index contributed by atoms with van der Waals surface area (Å²) in [4.78, 5) is 4.37. The number of hydrogen-bond acceptors (Lipinski definition) is 4. The molecule has 0 fully saturated rings. The zero-order valence-electron chi connectivity index (χ0n) is 21.1. The van der Waals surface area contributed by atoms with Gasteiger partial charge in [0.25, 0.3) is 0 Å². The first kappa shape index (κ1) is 23.4. The van der Waals surface area contributed by atoms with Crippen LogP contribution in [0.5, 0.6) is 0 Å². The van der Waals surface area contributed by atoms with Crippen molar-refractivity contribution >= 4 is 34.0 Å². The zero-order chi connectivity index (χ0) is 25.2. The van der Waals surface area contributed by atoms with Gasteiger partial charge in [-0.1, -0.05) is 30.3 Å². The fourth-order valence-electron chi connectivity index (χ4n) is 4.88. The first-order valence-electron chi connectivity index (χ1n) is 12.3. The number of rotatable bonds is 6. The van der Waals surface area contributed by atoms with Gasteiger partial charge in [-0.15, -0.1) is 0 Å². The van der Waals surface area contributed by atoms with E-state index in [0.29, 0.717) is 0 Å². The number of hydrogen-bond donors (Lipinski definition) is 2. The molecule has 0 saturated carbocycles. The summed E-state index contributed by atoms with van der Waals surface area (Å²) >= 11 is 0. The Morgan fingerprint density at radius 3 is 1.83 bits per heavy atom. The summed E-state index contributed by atoms with van der Waals surface area (Å²) in [6.07, 6.45) is 6.47. The molecule has 5 heteroatoms. The van der Waals surface area contributed by atoms with Gasteiger partial charge in [-0.2, -0.15) is 0 Å². The van der Waals surface area contributed by atoms with Gasteiger partial charge >= 0.3 is 0 Å². The summed E-state index contributed by atoms with van der Waals surface area (Å²) in [6.45, 7) is 0. The average Bonchev–Trinajstić information content (AvgIpc) is 3.29. The number of nitrogen functional groups attached to an aromatic ring is 2. The van der Waals surface area contributed by atoms with Crippen molar-refractivity contribution in [3.05, 3.63) is 108 Å². The highest BCUT2D eigenvalue weighted by Crippen LogP contribution is 2.34. The van der Waals surface area contributed by atoms with Crippen molar-refractivity contribution in [3.63, 3.8) is 0 Å². The Hall–Kier alpha value is -4.38. The van der Waals surface area contributed by atoms with Gasteiger partial charge in [-0.3, -0.25) is 0 Å². The Morgan fingerprint density at radius 2 is 1.25 bits per heavy atom. The smallest absolute Gasteiger partial charge is 0.0482 e. The standard InChI is InChI=1S/C31H33N5/c1-34(28-8-4-6-24(32)20-28)26-14-10-22(11-15-26)30-18-19-31(36(30)3)23-12-16-27(17-13-23)35(2)29-9-5-7-25(33)21-29/h4-12,14-16,18-21H,13,17,32-33H2,1-3H3. The van der Waals surface area contributed by atoms with Gasteiger partial charge in [0.15, 0.2) is 0 Å². The lowest BCUT2D eigenvalue weighted by atomic mass is 9.99. The van der Waals surface area contributed by atoms with Gasteiger partial charge in [0, 0.05) is 66.7 Å². The molecular weight excluding hydrogens is 442 g/mol. The molecule has 5 nitrogen and oxygen atoms in total. The molecule has 0 spiro atoms. The summed E-state index contributed by atoms with van der Waals surface area (Å²) in [5.41, 5.74) is 23.1. The van der Waals surface area contributed by atoms with Crippen molar-refractivity contribution in [1.82, 2.24) is 4.57 Å². The van der Waals surface area contributed by atoms with Crippen LogP contribution in [0, 0.1) is 0 Å². The second-order valence-electron chi connectivity index (χ2n) is 9.37. The maximum atomic E-state index is 5.98. The van der Waals surface area contributed by atoms with E-state index in [-0.39, 0.29) is 0 Å². The third-order valence-corrected chi connectivity index (χ3v) is 7.07. The molecule has 3 aromatic carbocycles. The predicted octanol–water partition coefficient (Wildman–Crippen LogP) is 6.82. The molecule has 0 bridgehead atoms. The number of allylic oxidation sites excluding steroid dienone is 4. The largest absolute Gasteiger partial charge is 0.399 e. The average molecular weight is 476 g/mol. The van der Waals surface area contributed by atoms with Gasteiger partial charge in [-0.05, 0) is 90.7 Å². The van der Waals surface area contributed by atoms with Gasteiger partial charge in [0.2, 0.25) is 0 Å². The molecule has 5 rings (SSSR count). The molecule has 0 aliphatic heterocycles. The number of benzene rings is 3. The topological polar surface area (TPSA) is 63.5 Å². The molecule has 0 atom stereocenters. The van der Waals surface area contributed by atoms with Crippen LogP contribution in [-0.2, 0) is 7.05 Å². The van der Waals surface area contributed by atoms with E-state index in [4.69, 9.17) is 11.5 Å². The quantitative estimate of drug-likeness (QED) is 0.300. The fraction of sp³-hybridized carbons (Fsp3) is 0.161. The monoisotopic (exact) mass is 475 g/mol. The normalized spacial score (nSPS) is 13.2. The summed E-state index contributed by atoms with van der Waals surface area (Å²) in [6, 6.07) is 29.1. The lowest BCUT2D eigenvalue weighted by molar-refractivity contribution is 0.870. The minimum absolute atomic E-state index is 0.766. The van der Waals surface area contributed by atoms with Crippen molar-refractivity contribution in [2.24, 2.45) is 7.05 Å². The highest BCUT2D eigenvalue weighted by atomic mass is 15.1. The lowest BCUT2D eigenvalue weighted by Gasteiger charge is -2.26. The molecule has 1 aliphatic carbocycles. The van der Waals surface area contributed by atoms with Gasteiger partial charge in [0.1, 0.15) is 0 Å². The molecule has 0 saturated heterocycles. The van der Waals surface area contributed by atoms with Crippen LogP contribution in [0.3, 0.4) is 0 Å². The Kier molecular flexibility index (Phi) is 6.30. The van der Waals surface area contributed by atoms with Gasteiger partial charge in [0.05, 0.1) is 0 Å². The second-order valence-corrected chi connectivity index (χ2v) is 9.37. The summed E-state index contributed by atoms with van der Waals surface area (Å²) in [7, 11) is 6.32. The van der Waals surface area contributed by atoms with Crippen LogP contribution >= 0.6 is 0 Å². The predicted molar refractivity (Wildman–Crippen MR) is 154 cm³/mol. The van der Waals surface area contributed by atoms with Crippen molar-refractivity contribution in [2.45, 2.75) is 12.8 Å². The van der Waals surface area contributed by atoms with E-state index >= 15 is 0 Å². The number of anilines is 5. The Morgan fingerprint density at radius 1 is 0.639 bits per heavy atom. The van der Waals surface area contributed by atoms with Gasteiger partial charge < -0.3 is 25.8 Å². The summed E-state index contributed by atoms with van der Waals surface area (Å²) < 4.78 is 2.29. The van der Waals surface area contributed by atoms with Crippen molar-refractivity contribution in [2.75, 3.05) is 35.4 Å². The highest BCUT2D eigenvalue weighted by Gasteiger charge is 2.16. The van der Waals surface area contributed by atoms with Crippen LogP contribution in [-0.4, -0.2) is 18.7 Å². The SMILES string of the molecule is CN(C1=CC=C(c2ccc(-c3ccc(N(C)c4cccc(N)c4)cc3)n2C)CC1)c1cccc(N)c1. The third kappa shape index (κ3) is 4.60. The second kappa shape index (κ2) is 9.70. The fourth-order valence-corrected chi connectivity index (χ4v) is 4.88. The lowest BCUT2D eigenvalue weighted by Crippen LogP contribution is -2.18. The minimum atomic E-state index is 0.766. The molecule has 0 radical (unpaired) electrons. The van der Waals surface area contributed by atoms with E-state index < -0.39 is 0 Å². The van der Waals surface area contributed by atoms with Crippen molar-refractivity contribution in [1.29, 1.82) is 0 Å². The first-order chi connectivity index (χ1) is 17.4. The van der Waals surface area contributed by atoms with E-state index in [0.717, 1.165) is 41.3 Å². The van der Waals surface area contributed by atoms with E-state index in [9.17, 15) is 0 Å². The van der Waals surface area contributed by atoms with E-state index in [2.05, 4.69) is 96.2 Å². The van der Waals surface area contributed by atoms with Crippen LogP contribution in [0.1, 0.15) is 18.5 Å². The van der Waals surface area contributed by atoms with E-state index in [1.54, 1.807) is 0 Å². The van der Waals surface area contributed by atoms with Crippen LogP contribution in [0.2, 0.25) is 0 Å². The molecule has 4 aromatic rings. The highest BCUT2D eigenvalue weighted by molar-refractivity contribution is 5.74. The number of aromatic nitrogens is 1. The number of nitrogens with zero attached hydrogens (tertiary/aromatic N) is 3. The van der Waals surface area contributed by atoms with Crippen LogP contribution in [0.25, 0.3) is 16.8 Å². The maximum Gasteiger partial charge on any atom is 0.0482 e. The Labute approximate surface area is 213 Å². The molecule has 1 heterocycles. The van der Waals surface area contributed by atoms with Crippen molar-refractivity contribution in [3.8, 4) is 11.3 Å². The van der Waals surface area contributed by atoms with E-state index in [1.165, 1.54) is 28.2 Å². The molecule has 182 valence electrons. The van der Waals surface area contributed by atoms with Gasteiger partial charge in [-0.25, -0.2) is 0 Å². The van der Waals surface area contributed by atoms with Crippen molar-refractivity contribution < 1.29 is 0 Å². The molecule has 1 aliphatic rings. The molecule has 0 unspecified atom stereocenters. The molecule has 0 amide bonds. The first-order valence-corrected chi connectivity index (χ1v) is 12.3. The number of nitrogens with two attached hydrogens (primary N) is 2. The minimum Gasteiger partial charge on any atom is -0.399 e. The van der Waals surface area contributed by atoms with Crippen LogP contribution in [0.15, 0.2) is 103 Å². The Bertz CT molecular complexity index is 1440. The molecule has 36 heavy (non-hydrogen) atoms. The molecular formula is C31H33N5. The van der Waals surface area contributed by atoms with Crippen LogP contribution < -0.4 is 21.3 Å². The molecule has 1 aromatic heterocycles. The summed E-state index contributed by atoms with van der Waals surface area (Å²) in [5, 5.41) is 0. The maximum absolute atomic E-state index is 5.98. The van der Waals surface area contributed by atoms with Crippen LogP contribution in [0.4, 0.5) is 28.4 Å².